The average Bonchev–Trinajstić information content (AvgIpc) is 2.93. The van der Waals surface area contributed by atoms with Crippen LogP contribution in [0.3, 0.4) is 0 Å². The summed E-state index contributed by atoms with van der Waals surface area (Å²) < 4.78 is 10.3. The lowest BCUT2D eigenvalue weighted by Crippen LogP contribution is -2.44. The normalized spacial score (nSPS) is 10.6. The van der Waals surface area contributed by atoms with E-state index in [0.717, 1.165) is 5.52 Å². The predicted molar refractivity (Wildman–Crippen MR) is 85.1 cm³/mol. The van der Waals surface area contributed by atoms with E-state index < -0.39 is 24.5 Å². The minimum Gasteiger partial charge on any atom is -0.456 e. The Kier molecular flexibility index (Phi) is 5.89. The number of fused-ring (bicyclic) bond motifs is 1. The molecule has 128 valence electrons. The maximum Gasteiger partial charge on any atom is 0.321 e. The molecule has 1 aromatic carbocycles. The molecule has 8 nitrogen and oxygen atoms in total. The number of oxazole rings is 1. The van der Waals surface area contributed by atoms with Gasteiger partial charge in [-0.25, -0.2) is 9.78 Å². The fourth-order valence-electron chi connectivity index (χ4n) is 1.92. The van der Waals surface area contributed by atoms with E-state index >= 15 is 0 Å². The SMILES string of the molecule is CC(C)NC(=O)NC(=O)COC(=O)CCc1nc2ccccc2o1. The lowest BCUT2D eigenvalue weighted by atomic mass is 10.3. The van der Waals surface area contributed by atoms with Crippen molar-refractivity contribution in [1.82, 2.24) is 15.6 Å². The molecule has 0 saturated carbocycles. The first-order chi connectivity index (χ1) is 11.4. The van der Waals surface area contributed by atoms with Crippen LogP contribution in [-0.2, 0) is 20.7 Å². The summed E-state index contributed by atoms with van der Waals surface area (Å²) in [5.41, 5.74) is 1.37. The Morgan fingerprint density at radius 3 is 2.71 bits per heavy atom. The van der Waals surface area contributed by atoms with Gasteiger partial charge in [0.2, 0.25) is 0 Å². The first-order valence-electron chi connectivity index (χ1n) is 7.54. The summed E-state index contributed by atoms with van der Waals surface area (Å²) >= 11 is 0. The number of imide groups is 1. The smallest absolute Gasteiger partial charge is 0.321 e. The van der Waals surface area contributed by atoms with Crippen molar-refractivity contribution in [3.05, 3.63) is 30.2 Å². The summed E-state index contributed by atoms with van der Waals surface area (Å²) in [5.74, 6) is -0.839. The van der Waals surface area contributed by atoms with Gasteiger partial charge in [-0.05, 0) is 26.0 Å². The van der Waals surface area contributed by atoms with Gasteiger partial charge in [-0.2, -0.15) is 0 Å². The van der Waals surface area contributed by atoms with Gasteiger partial charge in [0, 0.05) is 12.5 Å². The molecule has 0 aliphatic carbocycles. The van der Waals surface area contributed by atoms with Crippen LogP contribution in [-0.4, -0.2) is 35.5 Å². The summed E-state index contributed by atoms with van der Waals surface area (Å²) in [6, 6.07) is 6.55. The molecule has 0 atom stereocenters. The summed E-state index contributed by atoms with van der Waals surface area (Å²) in [7, 11) is 0. The summed E-state index contributed by atoms with van der Waals surface area (Å²) in [6.07, 6.45) is 0.293. The Labute approximate surface area is 138 Å². The van der Waals surface area contributed by atoms with Gasteiger partial charge >= 0.3 is 12.0 Å². The second kappa shape index (κ2) is 8.09. The van der Waals surface area contributed by atoms with Crippen molar-refractivity contribution in [3.63, 3.8) is 0 Å². The largest absolute Gasteiger partial charge is 0.456 e. The van der Waals surface area contributed by atoms with Gasteiger partial charge in [0.1, 0.15) is 5.52 Å². The molecule has 2 N–H and O–H groups in total. The molecule has 0 aliphatic rings. The fraction of sp³-hybridized carbons (Fsp3) is 0.375. The zero-order valence-electron chi connectivity index (χ0n) is 13.5. The Morgan fingerprint density at radius 1 is 1.25 bits per heavy atom. The number of nitrogens with zero attached hydrogens (tertiary/aromatic N) is 1. The van der Waals surface area contributed by atoms with Gasteiger partial charge < -0.3 is 14.5 Å². The van der Waals surface area contributed by atoms with Gasteiger partial charge in [0.05, 0.1) is 6.42 Å². The first-order valence-corrected chi connectivity index (χ1v) is 7.54. The molecule has 0 radical (unpaired) electrons. The zero-order chi connectivity index (χ0) is 17.5. The number of urea groups is 1. The minimum atomic E-state index is -0.691. The van der Waals surface area contributed by atoms with Crippen LogP contribution in [0.1, 0.15) is 26.2 Å². The van der Waals surface area contributed by atoms with Crippen LogP contribution >= 0.6 is 0 Å². The molecule has 0 aliphatic heterocycles. The van der Waals surface area contributed by atoms with Gasteiger partial charge in [-0.15, -0.1) is 0 Å². The number of para-hydroxylation sites is 2. The van der Waals surface area contributed by atoms with Crippen LogP contribution in [0.4, 0.5) is 4.79 Å². The Hall–Kier alpha value is -2.90. The molecule has 24 heavy (non-hydrogen) atoms. The molecule has 2 aromatic rings. The number of esters is 1. The topological polar surface area (TPSA) is 111 Å². The minimum absolute atomic E-state index is 0.0261. The molecule has 0 saturated heterocycles. The van der Waals surface area contributed by atoms with Crippen molar-refractivity contribution in [2.24, 2.45) is 0 Å². The maximum atomic E-state index is 11.6. The molecule has 0 spiro atoms. The van der Waals surface area contributed by atoms with Crippen LogP contribution in [0.15, 0.2) is 28.7 Å². The van der Waals surface area contributed by atoms with Crippen LogP contribution in [0.2, 0.25) is 0 Å². The highest BCUT2D eigenvalue weighted by Gasteiger charge is 2.13. The number of hydrogen-bond donors (Lipinski definition) is 2. The highest BCUT2D eigenvalue weighted by molar-refractivity contribution is 5.95. The van der Waals surface area contributed by atoms with E-state index in [0.29, 0.717) is 11.5 Å². The van der Waals surface area contributed by atoms with Crippen LogP contribution < -0.4 is 10.6 Å². The van der Waals surface area contributed by atoms with E-state index in [1.54, 1.807) is 19.9 Å². The van der Waals surface area contributed by atoms with Gasteiger partial charge in [0.25, 0.3) is 5.91 Å². The molecular weight excluding hydrogens is 314 g/mol. The van der Waals surface area contributed by atoms with Crippen molar-refractivity contribution in [1.29, 1.82) is 0 Å². The number of aromatic nitrogens is 1. The average molecular weight is 333 g/mol. The van der Waals surface area contributed by atoms with Crippen LogP contribution in [0, 0.1) is 0 Å². The Bertz CT molecular complexity index is 705. The fourth-order valence-corrected chi connectivity index (χ4v) is 1.92. The third kappa shape index (κ3) is 5.38. The predicted octanol–water partition coefficient (Wildman–Crippen LogP) is 1.54. The van der Waals surface area contributed by atoms with Crippen molar-refractivity contribution < 1.29 is 23.5 Å². The lowest BCUT2D eigenvalue weighted by Gasteiger charge is -2.09. The molecule has 1 heterocycles. The van der Waals surface area contributed by atoms with Crippen molar-refractivity contribution in [2.45, 2.75) is 32.7 Å². The van der Waals surface area contributed by atoms with E-state index in [1.807, 2.05) is 18.2 Å². The Balaban J connectivity index is 1.71. The number of benzene rings is 1. The molecule has 0 bridgehead atoms. The number of hydrogen-bond acceptors (Lipinski definition) is 6. The number of rotatable bonds is 6. The third-order valence-electron chi connectivity index (χ3n) is 2.92. The number of ether oxygens (including phenoxy) is 1. The molecule has 0 unspecified atom stereocenters. The number of carbonyl (C=O) groups excluding carboxylic acids is 3. The molecule has 1 aromatic heterocycles. The second-order valence-electron chi connectivity index (χ2n) is 5.41. The number of aryl methyl sites for hydroxylation is 1. The van der Waals surface area contributed by atoms with Gasteiger partial charge in [0.15, 0.2) is 18.1 Å². The van der Waals surface area contributed by atoms with Crippen molar-refractivity contribution >= 4 is 29.0 Å². The quantitative estimate of drug-likeness (QED) is 0.776. The number of nitrogens with one attached hydrogen (secondary N) is 2. The van der Waals surface area contributed by atoms with E-state index in [1.165, 1.54) is 0 Å². The Morgan fingerprint density at radius 2 is 2.00 bits per heavy atom. The highest BCUT2D eigenvalue weighted by atomic mass is 16.5. The van der Waals surface area contributed by atoms with Crippen molar-refractivity contribution in [2.75, 3.05) is 6.61 Å². The molecule has 0 fully saturated rings. The number of carbonyl (C=O) groups is 3. The van der Waals surface area contributed by atoms with E-state index in [9.17, 15) is 14.4 Å². The van der Waals surface area contributed by atoms with E-state index in [4.69, 9.17) is 9.15 Å². The first kappa shape index (κ1) is 17.5. The highest BCUT2D eigenvalue weighted by Crippen LogP contribution is 2.15. The lowest BCUT2D eigenvalue weighted by molar-refractivity contribution is -0.148. The molecule has 3 amide bonds. The molecular formula is C16H19N3O5. The summed E-state index contributed by atoms with van der Waals surface area (Å²) in [6.45, 7) is 3.00. The van der Waals surface area contributed by atoms with E-state index in [-0.39, 0.29) is 18.9 Å². The van der Waals surface area contributed by atoms with Crippen LogP contribution in [0.5, 0.6) is 0 Å². The standard InChI is InChI=1S/C16H19N3O5/c1-10(2)17-16(22)19-13(20)9-23-15(21)8-7-14-18-11-5-3-4-6-12(11)24-14/h3-6,10H,7-9H2,1-2H3,(H2,17,19,20,22). The van der Waals surface area contributed by atoms with Gasteiger partial charge in [-0.1, -0.05) is 12.1 Å². The number of amides is 3. The second-order valence-corrected chi connectivity index (χ2v) is 5.41. The summed E-state index contributed by atoms with van der Waals surface area (Å²) in [5, 5.41) is 4.55. The van der Waals surface area contributed by atoms with Gasteiger partial charge in [-0.3, -0.25) is 14.9 Å². The molecule has 8 heteroatoms. The van der Waals surface area contributed by atoms with E-state index in [2.05, 4.69) is 15.6 Å². The monoisotopic (exact) mass is 333 g/mol. The third-order valence-corrected chi connectivity index (χ3v) is 2.92. The van der Waals surface area contributed by atoms with Crippen molar-refractivity contribution in [3.8, 4) is 0 Å². The molecule has 2 rings (SSSR count). The summed E-state index contributed by atoms with van der Waals surface area (Å²) in [4.78, 5) is 38.6. The maximum absolute atomic E-state index is 11.6. The van der Waals surface area contributed by atoms with Crippen LogP contribution in [0.25, 0.3) is 11.1 Å². The zero-order valence-corrected chi connectivity index (χ0v) is 13.5.